The van der Waals surface area contributed by atoms with E-state index in [0.717, 1.165) is 55.1 Å². The summed E-state index contributed by atoms with van der Waals surface area (Å²) < 4.78 is 8.35. The van der Waals surface area contributed by atoms with Gasteiger partial charge in [-0.05, 0) is 43.9 Å². The van der Waals surface area contributed by atoms with Gasteiger partial charge in [-0.1, -0.05) is 0 Å². The van der Waals surface area contributed by atoms with Crippen molar-refractivity contribution in [1.29, 1.82) is 0 Å². The fourth-order valence-corrected chi connectivity index (χ4v) is 4.13. The van der Waals surface area contributed by atoms with E-state index >= 15 is 0 Å². The van der Waals surface area contributed by atoms with Crippen LogP contribution in [-0.2, 0) is 4.79 Å². The molecule has 7 heteroatoms. The minimum absolute atomic E-state index is 0.0150. The van der Waals surface area contributed by atoms with E-state index in [2.05, 4.69) is 8.75 Å². The zero-order valence-corrected chi connectivity index (χ0v) is 14.3. The number of aromatic nitrogens is 2. The molecule has 6 nitrogen and oxygen atoms in total. The Bertz CT molecular complexity index is 769. The molecule has 0 bridgehead atoms. The number of rotatable bonds is 2. The summed E-state index contributed by atoms with van der Waals surface area (Å²) in [6, 6.07) is 5.42. The van der Waals surface area contributed by atoms with E-state index in [-0.39, 0.29) is 17.7 Å². The number of piperidine rings is 1. The van der Waals surface area contributed by atoms with Crippen molar-refractivity contribution >= 4 is 34.6 Å². The molecule has 2 aliphatic heterocycles. The topological polar surface area (TPSA) is 66.4 Å². The van der Waals surface area contributed by atoms with E-state index in [4.69, 9.17) is 0 Å². The van der Waals surface area contributed by atoms with Crippen molar-refractivity contribution in [2.75, 3.05) is 26.2 Å². The van der Waals surface area contributed by atoms with Crippen molar-refractivity contribution in [2.24, 2.45) is 5.92 Å². The van der Waals surface area contributed by atoms with E-state index in [9.17, 15) is 9.59 Å². The third kappa shape index (κ3) is 2.88. The van der Waals surface area contributed by atoms with Crippen LogP contribution in [0.4, 0.5) is 0 Å². The maximum atomic E-state index is 12.7. The van der Waals surface area contributed by atoms with Gasteiger partial charge in [0.05, 0.1) is 17.6 Å². The molecule has 2 fully saturated rings. The molecular formula is C17H20N4O2S. The predicted molar refractivity (Wildman–Crippen MR) is 91.9 cm³/mol. The van der Waals surface area contributed by atoms with Gasteiger partial charge in [-0.2, -0.15) is 8.75 Å². The van der Waals surface area contributed by atoms with Gasteiger partial charge >= 0.3 is 0 Å². The lowest BCUT2D eigenvalue weighted by Gasteiger charge is -2.29. The number of hydrogen-bond donors (Lipinski definition) is 0. The van der Waals surface area contributed by atoms with Crippen LogP contribution < -0.4 is 0 Å². The van der Waals surface area contributed by atoms with Crippen molar-refractivity contribution in [1.82, 2.24) is 18.5 Å². The average molecular weight is 344 g/mol. The maximum absolute atomic E-state index is 12.7. The van der Waals surface area contributed by atoms with Crippen LogP contribution in [0.25, 0.3) is 11.0 Å². The average Bonchev–Trinajstić information content (AvgIpc) is 3.30. The molecule has 126 valence electrons. The van der Waals surface area contributed by atoms with Crippen molar-refractivity contribution in [3.63, 3.8) is 0 Å². The normalized spacial score (nSPS) is 21.4. The van der Waals surface area contributed by atoms with Crippen LogP contribution in [0.15, 0.2) is 18.2 Å². The van der Waals surface area contributed by atoms with Crippen LogP contribution in [0, 0.1) is 5.92 Å². The lowest BCUT2D eigenvalue weighted by Crippen LogP contribution is -2.41. The molecule has 1 unspecified atom stereocenters. The molecule has 3 heterocycles. The van der Waals surface area contributed by atoms with E-state index < -0.39 is 0 Å². The van der Waals surface area contributed by atoms with E-state index in [1.807, 2.05) is 11.0 Å². The highest BCUT2D eigenvalue weighted by atomic mass is 32.1. The SMILES string of the molecule is O=C(c1ccc2nsnc2c1)N1CCC(C(=O)N2CCCCC2)C1. The molecule has 0 aliphatic carbocycles. The fraction of sp³-hybridized carbons (Fsp3) is 0.529. The highest BCUT2D eigenvalue weighted by molar-refractivity contribution is 7.00. The van der Waals surface area contributed by atoms with Crippen molar-refractivity contribution < 1.29 is 9.59 Å². The zero-order chi connectivity index (χ0) is 16.5. The smallest absolute Gasteiger partial charge is 0.253 e. The number of amides is 2. The zero-order valence-electron chi connectivity index (χ0n) is 13.5. The summed E-state index contributed by atoms with van der Waals surface area (Å²) in [5.41, 5.74) is 2.20. The molecule has 2 saturated heterocycles. The Morgan fingerprint density at radius 3 is 2.62 bits per heavy atom. The summed E-state index contributed by atoms with van der Waals surface area (Å²) in [5, 5.41) is 0. The van der Waals surface area contributed by atoms with Crippen LogP contribution in [0.1, 0.15) is 36.0 Å². The van der Waals surface area contributed by atoms with Crippen molar-refractivity contribution in [3.05, 3.63) is 23.8 Å². The molecule has 24 heavy (non-hydrogen) atoms. The Hall–Kier alpha value is -2.02. The highest BCUT2D eigenvalue weighted by Crippen LogP contribution is 2.23. The minimum atomic E-state index is -0.0447. The first kappa shape index (κ1) is 15.5. The maximum Gasteiger partial charge on any atom is 0.253 e. The fourth-order valence-electron chi connectivity index (χ4n) is 3.62. The highest BCUT2D eigenvalue weighted by Gasteiger charge is 2.34. The summed E-state index contributed by atoms with van der Waals surface area (Å²) in [6.45, 7) is 2.92. The third-order valence-electron chi connectivity index (χ3n) is 4.99. The van der Waals surface area contributed by atoms with Gasteiger partial charge in [0.15, 0.2) is 0 Å². The molecular weight excluding hydrogens is 324 g/mol. The third-order valence-corrected chi connectivity index (χ3v) is 5.55. The molecule has 2 aliphatic rings. The summed E-state index contributed by atoms with van der Waals surface area (Å²) in [6.07, 6.45) is 4.18. The monoisotopic (exact) mass is 344 g/mol. The van der Waals surface area contributed by atoms with Gasteiger partial charge in [-0.15, -0.1) is 0 Å². The van der Waals surface area contributed by atoms with Crippen LogP contribution in [0.5, 0.6) is 0 Å². The molecule has 1 aromatic carbocycles. The molecule has 1 aromatic heterocycles. The molecule has 0 N–H and O–H groups in total. The first-order chi connectivity index (χ1) is 11.7. The lowest BCUT2D eigenvalue weighted by molar-refractivity contribution is -0.135. The van der Waals surface area contributed by atoms with Crippen LogP contribution in [-0.4, -0.2) is 56.5 Å². The Kier molecular flexibility index (Phi) is 4.18. The predicted octanol–water partition coefficient (Wildman–Crippen LogP) is 2.17. The van der Waals surface area contributed by atoms with Crippen molar-refractivity contribution in [2.45, 2.75) is 25.7 Å². The molecule has 2 aromatic rings. The first-order valence-electron chi connectivity index (χ1n) is 8.53. The number of nitrogens with zero attached hydrogens (tertiary/aromatic N) is 4. The Morgan fingerprint density at radius 1 is 1.00 bits per heavy atom. The standard InChI is InChI=1S/C17H20N4O2S/c22-16(12-4-5-14-15(10-12)19-24-18-14)21-9-6-13(11-21)17(23)20-7-2-1-3-8-20/h4-5,10,13H,1-3,6-9,11H2. The van der Waals surface area contributed by atoms with Crippen LogP contribution >= 0.6 is 11.7 Å². The van der Waals surface area contributed by atoms with E-state index in [0.29, 0.717) is 18.7 Å². The second-order valence-corrected chi connectivity index (χ2v) is 7.12. The second kappa shape index (κ2) is 6.47. The number of fused-ring (bicyclic) bond motifs is 1. The molecule has 2 amide bonds. The van der Waals surface area contributed by atoms with Crippen molar-refractivity contribution in [3.8, 4) is 0 Å². The number of likely N-dealkylation sites (tertiary alicyclic amines) is 2. The van der Waals surface area contributed by atoms with Crippen LogP contribution in [0.3, 0.4) is 0 Å². The Balaban J connectivity index is 1.43. The quantitative estimate of drug-likeness (QED) is 0.837. The van der Waals surface area contributed by atoms with Gasteiger partial charge in [0, 0.05) is 31.7 Å². The van der Waals surface area contributed by atoms with Crippen LogP contribution in [0.2, 0.25) is 0 Å². The number of carbonyl (C=O) groups excluding carboxylic acids is 2. The Morgan fingerprint density at radius 2 is 1.79 bits per heavy atom. The lowest BCUT2D eigenvalue weighted by atomic mass is 10.0. The number of hydrogen-bond acceptors (Lipinski definition) is 5. The molecule has 1 atom stereocenters. The van der Waals surface area contributed by atoms with E-state index in [1.54, 1.807) is 17.0 Å². The van der Waals surface area contributed by atoms with Gasteiger partial charge in [0.2, 0.25) is 5.91 Å². The van der Waals surface area contributed by atoms with Gasteiger partial charge in [-0.3, -0.25) is 9.59 Å². The first-order valence-corrected chi connectivity index (χ1v) is 9.26. The van der Waals surface area contributed by atoms with Gasteiger partial charge in [-0.25, -0.2) is 0 Å². The summed E-state index contributed by atoms with van der Waals surface area (Å²) in [5.74, 6) is 0.166. The molecule has 0 radical (unpaired) electrons. The number of benzene rings is 1. The summed E-state index contributed by atoms with van der Waals surface area (Å²) >= 11 is 1.15. The molecule has 4 rings (SSSR count). The number of carbonyl (C=O) groups is 2. The Labute approximate surface area is 144 Å². The molecule has 0 spiro atoms. The van der Waals surface area contributed by atoms with Gasteiger partial charge in [0.1, 0.15) is 11.0 Å². The van der Waals surface area contributed by atoms with Gasteiger partial charge < -0.3 is 9.80 Å². The van der Waals surface area contributed by atoms with Gasteiger partial charge in [0.25, 0.3) is 5.91 Å². The molecule has 0 saturated carbocycles. The summed E-state index contributed by atoms with van der Waals surface area (Å²) in [4.78, 5) is 29.1. The minimum Gasteiger partial charge on any atom is -0.342 e. The second-order valence-electron chi connectivity index (χ2n) is 6.59. The largest absolute Gasteiger partial charge is 0.342 e. The summed E-state index contributed by atoms with van der Waals surface area (Å²) in [7, 11) is 0. The van der Waals surface area contributed by atoms with E-state index in [1.165, 1.54) is 6.42 Å².